The lowest BCUT2D eigenvalue weighted by Crippen LogP contribution is -2.32. The van der Waals surface area contributed by atoms with Gasteiger partial charge >= 0.3 is 5.76 Å². The molecule has 1 amide bonds. The molecule has 0 bridgehead atoms. The van der Waals surface area contributed by atoms with Crippen LogP contribution in [0.25, 0.3) is 11.1 Å². The van der Waals surface area contributed by atoms with Gasteiger partial charge in [-0.25, -0.2) is 4.79 Å². The van der Waals surface area contributed by atoms with Crippen molar-refractivity contribution in [3.8, 4) is 5.75 Å². The van der Waals surface area contributed by atoms with Gasteiger partial charge < -0.3 is 14.5 Å². The van der Waals surface area contributed by atoms with Gasteiger partial charge in [0.2, 0.25) is 5.91 Å². The predicted molar refractivity (Wildman–Crippen MR) is 90.2 cm³/mol. The molecule has 124 valence electrons. The molecule has 1 heterocycles. The Morgan fingerprint density at radius 2 is 2.04 bits per heavy atom. The number of para-hydroxylation sites is 2. The Morgan fingerprint density at radius 3 is 2.88 bits per heavy atom. The summed E-state index contributed by atoms with van der Waals surface area (Å²) in [4.78, 5) is 23.9. The lowest BCUT2D eigenvalue weighted by atomic mass is 10.1. The van der Waals surface area contributed by atoms with Gasteiger partial charge in [0, 0.05) is 6.54 Å². The number of rotatable bonds is 6. The number of carbonyl (C=O) groups excluding carboxylic acids is 1. The number of amides is 1. The summed E-state index contributed by atoms with van der Waals surface area (Å²) in [7, 11) is 1.62. The maximum absolute atomic E-state index is 12.1. The third-order valence-electron chi connectivity index (χ3n) is 3.75. The fourth-order valence-electron chi connectivity index (χ4n) is 2.54. The van der Waals surface area contributed by atoms with Crippen molar-refractivity contribution in [3.05, 3.63) is 64.6 Å². The molecule has 6 nitrogen and oxygen atoms in total. The van der Waals surface area contributed by atoms with Crippen LogP contribution in [0.4, 0.5) is 0 Å². The third kappa shape index (κ3) is 3.48. The van der Waals surface area contributed by atoms with Crippen molar-refractivity contribution in [1.29, 1.82) is 0 Å². The summed E-state index contributed by atoms with van der Waals surface area (Å²) >= 11 is 0. The molecule has 0 atom stereocenters. The summed E-state index contributed by atoms with van der Waals surface area (Å²) in [5, 5.41) is 2.82. The molecule has 0 aliphatic carbocycles. The molecule has 0 aliphatic heterocycles. The maximum Gasteiger partial charge on any atom is 0.420 e. The average Bonchev–Trinajstić information content (AvgIpc) is 2.91. The summed E-state index contributed by atoms with van der Waals surface area (Å²) in [6, 6.07) is 14.7. The number of hydrogen-bond donors (Lipinski definition) is 1. The van der Waals surface area contributed by atoms with Crippen LogP contribution in [0, 0.1) is 0 Å². The zero-order valence-electron chi connectivity index (χ0n) is 13.3. The van der Waals surface area contributed by atoms with Crippen molar-refractivity contribution < 1.29 is 13.9 Å². The van der Waals surface area contributed by atoms with E-state index < -0.39 is 5.76 Å². The van der Waals surface area contributed by atoms with E-state index in [0.717, 1.165) is 11.3 Å². The van der Waals surface area contributed by atoms with E-state index in [-0.39, 0.29) is 12.5 Å². The summed E-state index contributed by atoms with van der Waals surface area (Å²) in [5.41, 5.74) is 2.16. The minimum atomic E-state index is -0.529. The molecule has 0 saturated heterocycles. The molecule has 0 saturated carbocycles. The van der Waals surface area contributed by atoms with Crippen LogP contribution in [0.5, 0.6) is 5.75 Å². The summed E-state index contributed by atoms with van der Waals surface area (Å²) in [6.45, 7) is 0.421. The lowest BCUT2D eigenvalue weighted by Gasteiger charge is -2.07. The molecule has 2 aromatic carbocycles. The van der Waals surface area contributed by atoms with Gasteiger partial charge in [0.1, 0.15) is 12.3 Å². The monoisotopic (exact) mass is 326 g/mol. The van der Waals surface area contributed by atoms with Crippen LogP contribution in [0.15, 0.2) is 57.7 Å². The standard InChI is InChI=1S/C18H18N2O4/c1-23-14-6-4-5-13(11-14)9-10-19-17(21)12-20-15-7-2-3-8-16(15)24-18(20)22/h2-8,11H,9-10,12H2,1H3,(H,19,21). The van der Waals surface area contributed by atoms with Gasteiger partial charge in [-0.3, -0.25) is 9.36 Å². The van der Waals surface area contributed by atoms with E-state index in [9.17, 15) is 9.59 Å². The Kier molecular flexibility index (Phi) is 4.65. The van der Waals surface area contributed by atoms with Gasteiger partial charge in [-0.05, 0) is 36.2 Å². The van der Waals surface area contributed by atoms with Crippen LogP contribution in [-0.2, 0) is 17.8 Å². The number of carbonyl (C=O) groups is 1. The normalized spacial score (nSPS) is 10.7. The molecule has 0 unspecified atom stereocenters. The maximum atomic E-state index is 12.1. The molecule has 0 spiro atoms. The van der Waals surface area contributed by atoms with Crippen molar-refractivity contribution in [2.75, 3.05) is 13.7 Å². The molecule has 0 radical (unpaired) electrons. The van der Waals surface area contributed by atoms with Crippen molar-refractivity contribution >= 4 is 17.0 Å². The molecule has 3 aromatic rings. The van der Waals surface area contributed by atoms with E-state index in [1.165, 1.54) is 4.57 Å². The Labute approximate surface area is 138 Å². The molecule has 0 fully saturated rings. The number of nitrogens with zero attached hydrogens (tertiary/aromatic N) is 1. The van der Waals surface area contributed by atoms with Gasteiger partial charge in [-0.15, -0.1) is 0 Å². The van der Waals surface area contributed by atoms with Gasteiger partial charge in [-0.2, -0.15) is 0 Å². The topological polar surface area (TPSA) is 73.5 Å². The van der Waals surface area contributed by atoms with Crippen molar-refractivity contribution in [1.82, 2.24) is 9.88 Å². The van der Waals surface area contributed by atoms with Gasteiger partial charge in [0.25, 0.3) is 0 Å². The van der Waals surface area contributed by atoms with Gasteiger partial charge in [0.15, 0.2) is 5.58 Å². The second-order valence-corrected chi connectivity index (χ2v) is 5.37. The third-order valence-corrected chi connectivity index (χ3v) is 3.75. The van der Waals surface area contributed by atoms with E-state index in [0.29, 0.717) is 24.1 Å². The quantitative estimate of drug-likeness (QED) is 0.751. The fourth-order valence-corrected chi connectivity index (χ4v) is 2.54. The molecule has 24 heavy (non-hydrogen) atoms. The van der Waals surface area contributed by atoms with Crippen molar-refractivity contribution in [2.24, 2.45) is 0 Å². The molecule has 0 aliphatic rings. The van der Waals surface area contributed by atoms with Crippen molar-refractivity contribution in [3.63, 3.8) is 0 Å². The highest BCUT2D eigenvalue weighted by molar-refractivity contribution is 5.79. The van der Waals surface area contributed by atoms with Crippen LogP contribution < -0.4 is 15.8 Å². The van der Waals surface area contributed by atoms with Crippen LogP contribution in [0.2, 0.25) is 0 Å². The molecule has 1 aromatic heterocycles. The van der Waals surface area contributed by atoms with E-state index in [4.69, 9.17) is 9.15 Å². The first kappa shape index (κ1) is 15.9. The number of oxazole rings is 1. The number of hydrogen-bond acceptors (Lipinski definition) is 4. The summed E-state index contributed by atoms with van der Waals surface area (Å²) in [5.74, 6) is 0.0286. The van der Waals surface area contributed by atoms with Gasteiger partial charge in [-0.1, -0.05) is 24.3 Å². The van der Waals surface area contributed by atoms with Crippen LogP contribution >= 0.6 is 0 Å². The number of ether oxygens (including phenoxy) is 1. The Morgan fingerprint density at radius 1 is 1.21 bits per heavy atom. The number of nitrogens with one attached hydrogen (secondary N) is 1. The predicted octanol–water partition coefficient (Wildman–Crippen LogP) is 1.96. The zero-order valence-corrected chi connectivity index (χ0v) is 13.3. The largest absolute Gasteiger partial charge is 0.497 e. The first-order valence-electron chi connectivity index (χ1n) is 7.65. The highest BCUT2D eigenvalue weighted by atomic mass is 16.5. The van der Waals surface area contributed by atoms with E-state index >= 15 is 0 Å². The first-order valence-corrected chi connectivity index (χ1v) is 7.65. The number of aromatic nitrogens is 1. The van der Waals surface area contributed by atoms with E-state index in [1.807, 2.05) is 24.3 Å². The SMILES string of the molecule is COc1cccc(CCNC(=O)Cn2c(=O)oc3ccccc32)c1. The lowest BCUT2D eigenvalue weighted by molar-refractivity contribution is -0.121. The van der Waals surface area contributed by atoms with Crippen LogP contribution in [0.3, 0.4) is 0 Å². The Hall–Kier alpha value is -3.02. The highest BCUT2D eigenvalue weighted by Gasteiger charge is 2.11. The number of benzene rings is 2. The summed E-state index contributed by atoms with van der Waals surface area (Å²) < 4.78 is 11.6. The number of fused-ring (bicyclic) bond motifs is 1. The smallest absolute Gasteiger partial charge is 0.420 e. The first-order chi connectivity index (χ1) is 11.7. The van der Waals surface area contributed by atoms with E-state index in [1.54, 1.807) is 31.4 Å². The minimum Gasteiger partial charge on any atom is -0.497 e. The van der Waals surface area contributed by atoms with E-state index in [2.05, 4.69) is 5.32 Å². The second kappa shape index (κ2) is 7.04. The van der Waals surface area contributed by atoms with Crippen LogP contribution in [-0.4, -0.2) is 24.1 Å². The zero-order chi connectivity index (χ0) is 16.9. The highest BCUT2D eigenvalue weighted by Crippen LogP contribution is 2.13. The minimum absolute atomic E-state index is 0.0616. The molecular formula is C18H18N2O4. The van der Waals surface area contributed by atoms with Gasteiger partial charge in [0.05, 0.1) is 12.6 Å². The average molecular weight is 326 g/mol. The second-order valence-electron chi connectivity index (χ2n) is 5.37. The van der Waals surface area contributed by atoms with Crippen molar-refractivity contribution in [2.45, 2.75) is 13.0 Å². The Bertz CT molecular complexity index is 911. The fraction of sp³-hybridized carbons (Fsp3) is 0.222. The molecule has 1 N–H and O–H groups in total. The molecule has 3 rings (SSSR count). The number of methoxy groups -OCH3 is 1. The summed E-state index contributed by atoms with van der Waals surface area (Å²) in [6.07, 6.45) is 0.684. The molecular weight excluding hydrogens is 308 g/mol. The van der Waals surface area contributed by atoms with Crippen LogP contribution in [0.1, 0.15) is 5.56 Å². The molecule has 6 heteroatoms. The Balaban J connectivity index is 1.59.